The number of fused-ring (bicyclic) bond motifs is 3. The zero-order valence-electron chi connectivity index (χ0n) is 9.86. The Hall–Kier alpha value is -1.18. The number of allylic oxidation sites excluding steroid dienone is 4. The van der Waals surface area contributed by atoms with Gasteiger partial charge in [0.15, 0.2) is 0 Å². The third-order valence-corrected chi connectivity index (χ3v) is 3.97. The average molecular weight is 217 g/mol. The van der Waals surface area contributed by atoms with E-state index in [0.717, 1.165) is 5.76 Å². The first-order chi connectivity index (χ1) is 7.88. The molecule has 0 aromatic heterocycles. The van der Waals surface area contributed by atoms with Gasteiger partial charge in [-0.25, -0.2) is 0 Å². The normalized spacial score (nSPS) is 32.4. The Morgan fingerprint density at radius 3 is 3.19 bits per heavy atom. The van der Waals surface area contributed by atoms with E-state index in [2.05, 4.69) is 29.2 Å². The SMILES string of the molecule is COC1=CC2CCN3CCCC=C3C2C=C1. The molecule has 2 heteroatoms. The molecule has 3 rings (SSSR count). The van der Waals surface area contributed by atoms with Crippen LogP contribution in [0.3, 0.4) is 0 Å². The fourth-order valence-corrected chi connectivity index (χ4v) is 3.11. The lowest BCUT2D eigenvalue weighted by molar-refractivity contribution is 0.206. The first-order valence-electron chi connectivity index (χ1n) is 6.27. The maximum Gasteiger partial charge on any atom is 0.114 e. The van der Waals surface area contributed by atoms with E-state index in [4.69, 9.17) is 4.74 Å². The van der Waals surface area contributed by atoms with Crippen molar-refractivity contribution < 1.29 is 4.74 Å². The second kappa shape index (κ2) is 4.00. The molecule has 2 unspecified atom stereocenters. The van der Waals surface area contributed by atoms with Crippen LogP contribution in [0.15, 0.2) is 35.8 Å². The van der Waals surface area contributed by atoms with Gasteiger partial charge in [-0.2, -0.15) is 0 Å². The summed E-state index contributed by atoms with van der Waals surface area (Å²) >= 11 is 0. The van der Waals surface area contributed by atoms with E-state index in [1.165, 1.54) is 32.4 Å². The van der Waals surface area contributed by atoms with Gasteiger partial charge in [0.05, 0.1) is 7.11 Å². The van der Waals surface area contributed by atoms with Crippen molar-refractivity contribution in [1.82, 2.24) is 4.90 Å². The van der Waals surface area contributed by atoms with Crippen LogP contribution < -0.4 is 0 Å². The highest BCUT2D eigenvalue weighted by atomic mass is 16.5. The molecule has 0 N–H and O–H groups in total. The van der Waals surface area contributed by atoms with Gasteiger partial charge in [-0.3, -0.25) is 0 Å². The largest absolute Gasteiger partial charge is 0.497 e. The van der Waals surface area contributed by atoms with Gasteiger partial charge in [0.1, 0.15) is 5.76 Å². The lowest BCUT2D eigenvalue weighted by Gasteiger charge is -2.43. The molecule has 2 nitrogen and oxygen atoms in total. The minimum Gasteiger partial charge on any atom is -0.497 e. The second-order valence-electron chi connectivity index (χ2n) is 4.87. The first-order valence-corrected chi connectivity index (χ1v) is 6.27. The molecule has 0 amide bonds. The van der Waals surface area contributed by atoms with E-state index < -0.39 is 0 Å². The van der Waals surface area contributed by atoms with Gasteiger partial charge in [0.2, 0.25) is 0 Å². The molecule has 1 aliphatic carbocycles. The molecule has 0 aromatic carbocycles. The molecule has 0 aromatic rings. The molecule has 2 heterocycles. The second-order valence-corrected chi connectivity index (χ2v) is 4.87. The van der Waals surface area contributed by atoms with E-state index in [0.29, 0.717) is 11.8 Å². The highest BCUT2D eigenvalue weighted by Gasteiger charge is 2.33. The molecule has 0 spiro atoms. The number of methoxy groups -OCH3 is 1. The van der Waals surface area contributed by atoms with Crippen LogP contribution in [-0.2, 0) is 4.74 Å². The lowest BCUT2D eigenvalue weighted by Crippen LogP contribution is -2.40. The van der Waals surface area contributed by atoms with Crippen LogP contribution >= 0.6 is 0 Å². The molecule has 86 valence electrons. The van der Waals surface area contributed by atoms with Crippen molar-refractivity contribution in [1.29, 1.82) is 0 Å². The highest BCUT2D eigenvalue weighted by Crippen LogP contribution is 2.39. The van der Waals surface area contributed by atoms with Crippen molar-refractivity contribution in [2.45, 2.75) is 19.3 Å². The third kappa shape index (κ3) is 1.57. The minimum absolute atomic E-state index is 0.605. The standard InChI is InChI=1S/C14H19NO/c1-16-12-5-6-13-11(10-12)7-9-15-8-3-2-4-14(13)15/h4-6,10-11,13H,2-3,7-9H2,1H3. The Labute approximate surface area is 97.3 Å². The fourth-order valence-electron chi connectivity index (χ4n) is 3.11. The van der Waals surface area contributed by atoms with Crippen LogP contribution in [0.1, 0.15) is 19.3 Å². The van der Waals surface area contributed by atoms with Crippen LogP contribution in [0.2, 0.25) is 0 Å². The summed E-state index contributed by atoms with van der Waals surface area (Å²) in [4.78, 5) is 2.57. The Morgan fingerprint density at radius 1 is 1.38 bits per heavy atom. The summed E-state index contributed by atoms with van der Waals surface area (Å²) in [5.41, 5.74) is 1.56. The molecule has 0 bridgehead atoms. The van der Waals surface area contributed by atoms with E-state index >= 15 is 0 Å². The zero-order chi connectivity index (χ0) is 11.0. The van der Waals surface area contributed by atoms with E-state index in [1.807, 2.05) is 0 Å². The monoisotopic (exact) mass is 217 g/mol. The van der Waals surface area contributed by atoms with Crippen molar-refractivity contribution in [3.8, 4) is 0 Å². The lowest BCUT2D eigenvalue weighted by atomic mass is 9.78. The maximum absolute atomic E-state index is 5.32. The first kappa shape index (κ1) is 10.0. The number of hydrogen-bond donors (Lipinski definition) is 0. The molecule has 3 aliphatic rings. The number of piperidine rings is 1. The smallest absolute Gasteiger partial charge is 0.114 e. The Morgan fingerprint density at radius 2 is 2.31 bits per heavy atom. The van der Waals surface area contributed by atoms with Crippen LogP contribution in [0.25, 0.3) is 0 Å². The van der Waals surface area contributed by atoms with Crippen LogP contribution in [0.5, 0.6) is 0 Å². The molecule has 0 saturated carbocycles. The molecular weight excluding hydrogens is 198 g/mol. The number of rotatable bonds is 1. The van der Waals surface area contributed by atoms with Crippen LogP contribution in [0.4, 0.5) is 0 Å². The summed E-state index contributed by atoms with van der Waals surface area (Å²) < 4.78 is 5.32. The molecule has 2 atom stereocenters. The van der Waals surface area contributed by atoms with Gasteiger partial charge in [-0.1, -0.05) is 12.2 Å². The van der Waals surface area contributed by atoms with Crippen LogP contribution in [0, 0.1) is 11.8 Å². The van der Waals surface area contributed by atoms with Gasteiger partial charge < -0.3 is 9.64 Å². The van der Waals surface area contributed by atoms with Crippen molar-refractivity contribution in [2.24, 2.45) is 11.8 Å². The summed E-state index contributed by atoms with van der Waals surface area (Å²) in [6, 6.07) is 0. The number of ether oxygens (including phenoxy) is 1. The predicted octanol–water partition coefficient (Wildman–Crippen LogP) is 2.70. The summed E-state index contributed by atoms with van der Waals surface area (Å²) in [5.74, 6) is 2.29. The minimum atomic E-state index is 0.605. The molecule has 1 fully saturated rings. The molecule has 16 heavy (non-hydrogen) atoms. The Kier molecular flexibility index (Phi) is 2.50. The Bertz CT molecular complexity index is 367. The van der Waals surface area contributed by atoms with Gasteiger partial charge in [0.25, 0.3) is 0 Å². The zero-order valence-corrected chi connectivity index (χ0v) is 9.86. The molecule has 1 saturated heterocycles. The summed E-state index contributed by atoms with van der Waals surface area (Å²) in [7, 11) is 1.76. The summed E-state index contributed by atoms with van der Waals surface area (Å²) in [6.07, 6.45) is 13.0. The van der Waals surface area contributed by atoms with Gasteiger partial charge in [-0.05, 0) is 37.3 Å². The number of nitrogens with zero attached hydrogens (tertiary/aromatic N) is 1. The quantitative estimate of drug-likeness (QED) is 0.669. The fraction of sp³-hybridized carbons (Fsp3) is 0.571. The third-order valence-electron chi connectivity index (χ3n) is 3.97. The molecular formula is C14H19NO. The average Bonchev–Trinajstić information content (AvgIpc) is 2.38. The van der Waals surface area contributed by atoms with Gasteiger partial charge in [0, 0.05) is 24.7 Å². The van der Waals surface area contributed by atoms with E-state index in [1.54, 1.807) is 12.8 Å². The van der Waals surface area contributed by atoms with Crippen molar-refractivity contribution >= 4 is 0 Å². The van der Waals surface area contributed by atoms with Gasteiger partial charge >= 0.3 is 0 Å². The summed E-state index contributed by atoms with van der Waals surface area (Å²) in [5, 5.41) is 0. The predicted molar refractivity (Wildman–Crippen MR) is 64.7 cm³/mol. The van der Waals surface area contributed by atoms with Crippen molar-refractivity contribution in [2.75, 3.05) is 20.2 Å². The number of hydrogen-bond acceptors (Lipinski definition) is 2. The van der Waals surface area contributed by atoms with Gasteiger partial charge in [-0.15, -0.1) is 0 Å². The van der Waals surface area contributed by atoms with E-state index in [-0.39, 0.29) is 0 Å². The van der Waals surface area contributed by atoms with Crippen LogP contribution in [-0.4, -0.2) is 25.1 Å². The summed E-state index contributed by atoms with van der Waals surface area (Å²) in [6.45, 7) is 2.47. The molecule has 0 radical (unpaired) electrons. The van der Waals surface area contributed by atoms with Crippen molar-refractivity contribution in [3.05, 3.63) is 35.8 Å². The van der Waals surface area contributed by atoms with Crippen molar-refractivity contribution in [3.63, 3.8) is 0 Å². The topological polar surface area (TPSA) is 12.5 Å². The Balaban J connectivity index is 1.87. The maximum atomic E-state index is 5.32. The molecule has 2 aliphatic heterocycles. The van der Waals surface area contributed by atoms with E-state index in [9.17, 15) is 0 Å². The highest BCUT2D eigenvalue weighted by molar-refractivity contribution is 5.29.